The van der Waals surface area contributed by atoms with Crippen molar-refractivity contribution in [1.29, 1.82) is 0 Å². The highest BCUT2D eigenvalue weighted by molar-refractivity contribution is 7.90. The Kier molecular flexibility index (Phi) is 6.28. The summed E-state index contributed by atoms with van der Waals surface area (Å²) in [6, 6.07) is 5.87. The van der Waals surface area contributed by atoms with Crippen molar-refractivity contribution in [3.05, 3.63) is 42.2 Å². The Morgan fingerprint density at radius 3 is 1.72 bits per heavy atom. The lowest BCUT2D eigenvalue weighted by Gasteiger charge is -2.07. The molecule has 0 saturated heterocycles. The lowest BCUT2D eigenvalue weighted by Crippen LogP contribution is -2.06. The van der Waals surface area contributed by atoms with E-state index in [2.05, 4.69) is 36.8 Å². The van der Waals surface area contributed by atoms with Crippen molar-refractivity contribution in [2.24, 2.45) is 0 Å². The summed E-state index contributed by atoms with van der Waals surface area (Å²) in [6.45, 7) is 0. The third-order valence-electron chi connectivity index (χ3n) is 3.75. The molecule has 13 heteroatoms. The first-order chi connectivity index (χ1) is 14.9. The average molecular weight is 473 g/mol. The number of hydrogen-bond donors (Lipinski definition) is 1. The van der Waals surface area contributed by atoms with Gasteiger partial charge >= 0.3 is 5.97 Å². The first kappa shape index (κ1) is 22.9. The molecule has 164 valence electrons. The van der Waals surface area contributed by atoms with Crippen molar-refractivity contribution in [3.8, 4) is 34.6 Å². The van der Waals surface area contributed by atoms with E-state index in [0.717, 1.165) is 12.5 Å². The summed E-state index contributed by atoms with van der Waals surface area (Å²) in [6.07, 6.45) is 4.05. The maximum absolute atomic E-state index is 11.8. The summed E-state index contributed by atoms with van der Waals surface area (Å²) in [5.41, 5.74) is 1.08. The molecule has 0 unspecified atom stereocenters. The van der Waals surface area contributed by atoms with Gasteiger partial charge < -0.3 is 5.11 Å². The van der Waals surface area contributed by atoms with Crippen molar-refractivity contribution >= 4 is 25.6 Å². The number of carbonyl (C=O) groups is 1. The van der Waals surface area contributed by atoms with Crippen LogP contribution in [0.3, 0.4) is 0 Å². The van der Waals surface area contributed by atoms with E-state index >= 15 is 0 Å². The zero-order valence-electron chi connectivity index (χ0n) is 16.7. The number of rotatable bonds is 5. The summed E-state index contributed by atoms with van der Waals surface area (Å²) >= 11 is 0. The summed E-state index contributed by atoms with van der Waals surface area (Å²) in [5, 5.41) is 8.01. The molecule has 0 amide bonds. The Hall–Kier alpha value is -3.76. The van der Waals surface area contributed by atoms with Crippen LogP contribution in [0.1, 0.15) is 12.0 Å². The molecule has 0 atom stereocenters. The maximum atomic E-state index is 11.8. The summed E-state index contributed by atoms with van der Waals surface area (Å²) in [5.74, 6) is 4.08. The molecule has 0 aliphatic rings. The van der Waals surface area contributed by atoms with Crippen LogP contribution in [0.5, 0.6) is 0 Å². The Morgan fingerprint density at radius 2 is 1.31 bits per heavy atom. The van der Waals surface area contributed by atoms with Gasteiger partial charge in [-0.15, -0.1) is 0 Å². The summed E-state index contributed by atoms with van der Waals surface area (Å²) < 4.78 is 47.2. The standard InChI is InChI=1S/C19H15N5O6S2/c1-31(27,28)18-20-8-6-13(23-18)15-10-12(4-3-5-17(25)26)11-16(22-15)14-7-9-21-19(24-14)32(2,29)30/h6-11H,5H2,1-2H3,(H,25,26). The molecule has 0 radical (unpaired) electrons. The van der Waals surface area contributed by atoms with E-state index in [1.54, 1.807) is 0 Å². The van der Waals surface area contributed by atoms with Gasteiger partial charge in [-0.25, -0.2) is 41.8 Å². The number of aliphatic carboxylic acids is 1. The van der Waals surface area contributed by atoms with Crippen molar-refractivity contribution < 1.29 is 26.7 Å². The van der Waals surface area contributed by atoms with E-state index in [4.69, 9.17) is 5.11 Å². The minimum atomic E-state index is -3.68. The molecule has 0 aliphatic carbocycles. The van der Waals surface area contributed by atoms with Crippen LogP contribution in [0.25, 0.3) is 22.8 Å². The normalized spacial score (nSPS) is 11.4. The largest absolute Gasteiger partial charge is 0.481 e. The van der Waals surface area contributed by atoms with Gasteiger partial charge in [-0.3, -0.25) is 4.79 Å². The van der Waals surface area contributed by atoms with E-state index in [0.29, 0.717) is 5.56 Å². The fourth-order valence-electron chi connectivity index (χ4n) is 2.41. The number of pyridine rings is 1. The molecule has 11 nitrogen and oxygen atoms in total. The van der Waals surface area contributed by atoms with Crippen LogP contribution < -0.4 is 0 Å². The molecule has 3 heterocycles. The van der Waals surface area contributed by atoms with E-state index in [9.17, 15) is 21.6 Å². The molecule has 0 bridgehead atoms. The molecule has 3 aromatic heterocycles. The number of carboxylic acid groups (broad SMARTS) is 1. The lowest BCUT2D eigenvalue weighted by molar-refractivity contribution is -0.135. The quantitative estimate of drug-likeness (QED) is 0.407. The first-order valence-electron chi connectivity index (χ1n) is 8.73. The zero-order valence-corrected chi connectivity index (χ0v) is 18.3. The molecule has 0 aliphatic heterocycles. The van der Waals surface area contributed by atoms with E-state index < -0.39 is 42.4 Å². The second-order valence-corrected chi connectivity index (χ2v) is 10.3. The van der Waals surface area contributed by atoms with Gasteiger partial charge in [0, 0.05) is 30.5 Å². The van der Waals surface area contributed by atoms with Crippen LogP contribution >= 0.6 is 0 Å². The van der Waals surface area contributed by atoms with Gasteiger partial charge in [0.25, 0.3) is 0 Å². The Morgan fingerprint density at radius 1 is 0.844 bits per heavy atom. The van der Waals surface area contributed by atoms with Gasteiger partial charge in [0.05, 0.1) is 22.8 Å². The number of hydrogen-bond acceptors (Lipinski definition) is 10. The molecule has 0 fully saturated rings. The SMILES string of the molecule is CS(=O)(=O)c1nccc(-c2cc(C#CCC(=O)O)cc(-c3ccnc(S(C)(=O)=O)n3)n2)n1. The maximum Gasteiger partial charge on any atom is 0.315 e. The number of carboxylic acids is 1. The summed E-state index contributed by atoms with van der Waals surface area (Å²) in [4.78, 5) is 30.7. The van der Waals surface area contributed by atoms with Crippen LogP contribution in [0.2, 0.25) is 0 Å². The van der Waals surface area contributed by atoms with E-state index in [-0.39, 0.29) is 22.8 Å². The molecule has 3 aromatic rings. The second-order valence-electron chi connectivity index (χ2n) is 6.49. The van der Waals surface area contributed by atoms with Crippen LogP contribution in [0, 0.1) is 11.8 Å². The predicted octanol–water partition coefficient (Wildman–Crippen LogP) is 0.629. The van der Waals surface area contributed by atoms with Crippen molar-refractivity contribution in [2.45, 2.75) is 16.7 Å². The van der Waals surface area contributed by atoms with Crippen LogP contribution in [-0.4, -0.2) is 65.3 Å². The van der Waals surface area contributed by atoms with Crippen LogP contribution in [0.4, 0.5) is 0 Å². The van der Waals surface area contributed by atoms with Crippen molar-refractivity contribution in [3.63, 3.8) is 0 Å². The fraction of sp³-hybridized carbons (Fsp3) is 0.158. The minimum Gasteiger partial charge on any atom is -0.481 e. The molecular weight excluding hydrogens is 458 g/mol. The van der Waals surface area contributed by atoms with Gasteiger partial charge in [-0.1, -0.05) is 11.8 Å². The van der Waals surface area contributed by atoms with Gasteiger partial charge in [0.15, 0.2) is 0 Å². The highest BCUT2D eigenvalue weighted by atomic mass is 32.2. The fourth-order valence-corrected chi connectivity index (χ4v) is 3.44. The predicted molar refractivity (Wildman–Crippen MR) is 112 cm³/mol. The minimum absolute atomic E-state index is 0.168. The van der Waals surface area contributed by atoms with Crippen LogP contribution in [0.15, 0.2) is 47.0 Å². The van der Waals surface area contributed by atoms with Gasteiger partial charge in [-0.2, -0.15) is 0 Å². The van der Waals surface area contributed by atoms with E-state index in [1.807, 2.05) is 0 Å². The van der Waals surface area contributed by atoms with Gasteiger partial charge in [-0.05, 0) is 24.3 Å². The first-order valence-corrected chi connectivity index (χ1v) is 12.5. The number of nitrogens with zero attached hydrogens (tertiary/aromatic N) is 5. The highest BCUT2D eigenvalue weighted by Gasteiger charge is 2.16. The second kappa shape index (κ2) is 8.77. The zero-order chi connectivity index (χ0) is 23.5. The molecule has 0 aromatic carbocycles. The summed E-state index contributed by atoms with van der Waals surface area (Å²) in [7, 11) is -7.36. The highest BCUT2D eigenvalue weighted by Crippen LogP contribution is 2.23. The molecular formula is C19H15N5O6S2. The lowest BCUT2D eigenvalue weighted by atomic mass is 10.1. The van der Waals surface area contributed by atoms with Crippen molar-refractivity contribution in [1.82, 2.24) is 24.9 Å². The van der Waals surface area contributed by atoms with Gasteiger partial charge in [0.2, 0.25) is 30.0 Å². The molecule has 32 heavy (non-hydrogen) atoms. The third-order valence-corrected chi connectivity index (χ3v) is 5.47. The van der Waals surface area contributed by atoms with Crippen LogP contribution in [-0.2, 0) is 24.5 Å². The van der Waals surface area contributed by atoms with Gasteiger partial charge in [0.1, 0.15) is 6.42 Å². The topological polar surface area (TPSA) is 170 Å². The molecule has 0 spiro atoms. The number of aromatic nitrogens is 5. The molecule has 0 saturated carbocycles. The third kappa shape index (κ3) is 5.68. The Balaban J connectivity index is 2.21. The molecule has 1 N–H and O–H groups in total. The van der Waals surface area contributed by atoms with Crippen molar-refractivity contribution in [2.75, 3.05) is 12.5 Å². The smallest absolute Gasteiger partial charge is 0.315 e. The van der Waals surface area contributed by atoms with E-state index in [1.165, 1.54) is 36.7 Å². The molecule has 3 rings (SSSR count). The Labute approximate surface area is 183 Å². The average Bonchev–Trinajstić information content (AvgIpc) is 2.72. The number of sulfone groups is 2. The Bertz CT molecular complexity index is 1400. The monoisotopic (exact) mass is 473 g/mol.